The van der Waals surface area contributed by atoms with Crippen LogP contribution < -0.4 is 10.1 Å². The standard InChI is InChI=1S/C25H30N2O2S/c1-4-6-17-29-21-14-12-19(13-15-21)23-22(24(28)20-10-8-7-9-11-20)18(3)27(16-5-2)25(30)26-23/h7-15,23H,4-6,16-17H2,1-3H3,(H,26,30). The van der Waals surface area contributed by atoms with Gasteiger partial charge in [0.15, 0.2) is 10.9 Å². The van der Waals surface area contributed by atoms with Crippen molar-refractivity contribution in [2.75, 3.05) is 13.2 Å². The van der Waals surface area contributed by atoms with E-state index in [-0.39, 0.29) is 11.8 Å². The van der Waals surface area contributed by atoms with Crippen LogP contribution in [0.1, 0.15) is 62.0 Å². The van der Waals surface area contributed by atoms with Crippen LogP contribution in [0, 0.1) is 0 Å². The van der Waals surface area contributed by atoms with E-state index < -0.39 is 0 Å². The van der Waals surface area contributed by atoms with Crippen molar-refractivity contribution in [2.45, 2.75) is 46.1 Å². The molecule has 0 fully saturated rings. The average molecular weight is 423 g/mol. The molecule has 1 N–H and O–H groups in total. The maximum Gasteiger partial charge on any atom is 0.193 e. The van der Waals surface area contributed by atoms with Gasteiger partial charge in [0.05, 0.1) is 12.6 Å². The van der Waals surface area contributed by atoms with Crippen molar-refractivity contribution in [3.05, 3.63) is 77.0 Å². The minimum atomic E-state index is -0.289. The first-order valence-corrected chi connectivity index (χ1v) is 11.1. The molecule has 0 saturated heterocycles. The van der Waals surface area contributed by atoms with Gasteiger partial charge in [-0.3, -0.25) is 4.79 Å². The van der Waals surface area contributed by atoms with Crippen LogP contribution in [0.4, 0.5) is 0 Å². The lowest BCUT2D eigenvalue weighted by Crippen LogP contribution is -2.47. The zero-order chi connectivity index (χ0) is 21.5. The van der Waals surface area contributed by atoms with Gasteiger partial charge in [0.2, 0.25) is 0 Å². The Morgan fingerprint density at radius 1 is 1.07 bits per heavy atom. The summed E-state index contributed by atoms with van der Waals surface area (Å²) in [5.74, 6) is 0.868. The molecule has 0 bridgehead atoms. The number of ketones is 1. The SMILES string of the molecule is CCCCOc1ccc(C2NC(=S)N(CCC)C(C)=C2C(=O)c2ccccc2)cc1. The lowest BCUT2D eigenvalue weighted by molar-refractivity contribution is 0.102. The molecule has 1 atom stereocenters. The summed E-state index contributed by atoms with van der Waals surface area (Å²) in [6.07, 6.45) is 3.08. The van der Waals surface area contributed by atoms with E-state index in [9.17, 15) is 4.79 Å². The normalized spacial score (nSPS) is 16.4. The summed E-state index contributed by atoms with van der Waals surface area (Å²) < 4.78 is 5.79. The summed E-state index contributed by atoms with van der Waals surface area (Å²) in [5.41, 5.74) is 3.34. The van der Waals surface area contributed by atoms with E-state index in [4.69, 9.17) is 17.0 Å². The Balaban J connectivity index is 1.96. The number of nitrogens with one attached hydrogen (secondary N) is 1. The molecule has 0 radical (unpaired) electrons. The largest absolute Gasteiger partial charge is 0.494 e. The first-order valence-electron chi connectivity index (χ1n) is 10.7. The number of rotatable bonds is 9. The minimum absolute atomic E-state index is 0.0254. The van der Waals surface area contributed by atoms with E-state index in [1.807, 2.05) is 66.4 Å². The highest BCUT2D eigenvalue weighted by atomic mass is 32.1. The molecule has 1 unspecified atom stereocenters. The quantitative estimate of drug-likeness (QED) is 0.321. The molecule has 0 aliphatic carbocycles. The van der Waals surface area contributed by atoms with E-state index in [1.165, 1.54) is 0 Å². The number of Topliss-reactive ketones (excluding diaryl/α,β-unsaturated/α-hetero) is 1. The summed E-state index contributed by atoms with van der Waals surface area (Å²) >= 11 is 5.64. The molecule has 158 valence electrons. The predicted octanol–water partition coefficient (Wildman–Crippen LogP) is 5.66. The van der Waals surface area contributed by atoms with Crippen molar-refractivity contribution in [3.63, 3.8) is 0 Å². The summed E-state index contributed by atoms with van der Waals surface area (Å²) in [6, 6.07) is 17.1. The lowest BCUT2D eigenvalue weighted by atomic mass is 9.89. The van der Waals surface area contributed by atoms with Crippen LogP contribution in [0.3, 0.4) is 0 Å². The molecule has 3 rings (SSSR count). The number of unbranched alkanes of at least 4 members (excludes halogenated alkanes) is 1. The summed E-state index contributed by atoms with van der Waals surface area (Å²) in [5, 5.41) is 4.07. The van der Waals surface area contributed by atoms with E-state index in [0.29, 0.717) is 17.3 Å². The van der Waals surface area contributed by atoms with Crippen molar-refractivity contribution >= 4 is 23.1 Å². The number of nitrogens with zero attached hydrogens (tertiary/aromatic N) is 1. The average Bonchev–Trinajstić information content (AvgIpc) is 2.77. The predicted molar refractivity (Wildman–Crippen MR) is 126 cm³/mol. The second-order valence-corrected chi connectivity index (χ2v) is 7.89. The Labute approximate surface area is 184 Å². The maximum absolute atomic E-state index is 13.5. The smallest absolute Gasteiger partial charge is 0.193 e. The molecule has 0 aromatic heterocycles. The van der Waals surface area contributed by atoms with Crippen LogP contribution in [0.5, 0.6) is 5.75 Å². The molecule has 30 heavy (non-hydrogen) atoms. The Kier molecular flexibility index (Phi) is 7.63. The summed E-state index contributed by atoms with van der Waals surface area (Å²) in [4.78, 5) is 15.5. The molecule has 5 heteroatoms. The Hall–Kier alpha value is -2.66. The van der Waals surface area contributed by atoms with E-state index >= 15 is 0 Å². The van der Waals surface area contributed by atoms with Crippen molar-refractivity contribution in [3.8, 4) is 5.75 Å². The van der Waals surface area contributed by atoms with Gasteiger partial charge in [-0.2, -0.15) is 0 Å². The molecule has 0 spiro atoms. The van der Waals surface area contributed by atoms with Gasteiger partial charge in [0.1, 0.15) is 5.75 Å². The molecule has 1 heterocycles. The summed E-state index contributed by atoms with van der Waals surface area (Å²) in [6.45, 7) is 7.74. The summed E-state index contributed by atoms with van der Waals surface area (Å²) in [7, 11) is 0. The van der Waals surface area contributed by atoms with Crippen LogP contribution in [0.2, 0.25) is 0 Å². The fourth-order valence-electron chi connectivity index (χ4n) is 3.65. The van der Waals surface area contributed by atoms with Crippen LogP contribution in [-0.4, -0.2) is 28.9 Å². The number of carbonyl (C=O) groups excluding carboxylic acids is 1. The fraction of sp³-hybridized carbons (Fsp3) is 0.360. The fourth-order valence-corrected chi connectivity index (χ4v) is 4.00. The molecule has 2 aromatic carbocycles. The number of hydrogen-bond donors (Lipinski definition) is 1. The van der Waals surface area contributed by atoms with Crippen LogP contribution in [0.15, 0.2) is 65.9 Å². The first-order chi connectivity index (χ1) is 14.6. The van der Waals surface area contributed by atoms with Gasteiger partial charge in [-0.1, -0.05) is 62.7 Å². The highest BCUT2D eigenvalue weighted by Crippen LogP contribution is 2.33. The Bertz CT molecular complexity index is 907. The maximum atomic E-state index is 13.5. The number of allylic oxidation sites excluding steroid dienone is 1. The first kappa shape index (κ1) is 22.0. The molecule has 0 amide bonds. The zero-order valence-electron chi connectivity index (χ0n) is 18.0. The van der Waals surface area contributed by atoms with Crippen molar-refractivity contribution in [2.24, 2.45) is 0 Å². The number of carbonyl (C=O) groups is 1. The van der Waals surface area contributed by atoms with Crippen molar-refractivity contribution in [1.29, 1.82) is 0 Å². The number of hydrogen-bond acceptors (Lipinski definition) is 3. The third kappa shape index (κ3) is 4.90. The monoisotopic (exact) mass is 422 g/mol. The van der Waals surface area contributed by atoms with Crippen molar-refractivity contribution < 1.29 is 9.53 Å². The van der Waals surface area contributed by atoms with Gasteiger partial charge in [0, 0.05) is 23.4 Å². The van der Waals surface area contributed by atoms with E-state index in [0.717, 1.165) is 48.4 Å². The second kappa shape index (κ2) is 10.4. The van der Waals surface area contributed by atoms with Crippen LogP contribution >= 0.6 is 12.2 Å². The topological polar surface area (TPSA) is 41.6 Å². The van der Waals surface area contributed by atoms with Gasteiger partial charge < -0.3 is 15.0 Å². The highest BCUT2D eigenvalue weighted by Gasteiger charge is 2.33. The molecular formula is C25H30N2O2S. The third-order valence-corrected chi connectivity index (χ3v) is 5.64. The zero-order valence-corrected chi connectivity index (χ0v) is 18.8. The second-order valence-electron chi connectivity index (χ2n) is 7.50. The van der Waals surface area contributed by atoms with Gasteiger partial charge in [-0.15, -0.1) is 0 Å². The molecule has 1 aliphatic heterocycles. The highest BCUT2D eigenvalue weighted by molar-refractivity contribution is 7.80. The van der Waals surface area contributed by atoms with E-state index in [1.54, 1.807) is 0 Å². The molecule has 0 saturated carbocycles. The number of thiocarbonyl (C=S) groups is 1. The van der Waals surface area contributed by atoms with E-state index in [2.05, 4.69) is 19.2 Å². The molecule has 1 aliphatic rings. The van der Waals surface area contributed by atoms with Gasteiger partial charge in [0.25, 0.3) is 0 Å². The Morgan fingerprint density at radius 2 is 1.77 bits per heavy atom. The lowest BCUT2D eigenvalue weighted by Gasteiger charge is -2.38. The minimum Gasteiger partial charge on any atom is -0.494 e. The number of benzene rings is 2. The van der Waals surface area contributed by atoms with Gasteiger partial charge >= 0.3 is 0 Å². The third-order valence-electron chi connectivity index (χ3n) is 5.30. The number of ether oxygens (including phenoxy) is 1. The van der Waals surface area contributed by atoms with Gasteiger partial charge in [-0.25, -0.2) is 0 Å². The molecular weight excluding hydrogens is 392 g/mol. The Morgan fingerprint density at radius 3 is 2.40 bits per heavy atom. The van der Waals surface area contributed by atoms with Gasteiger partial charge in [-0.05, 0) is 49.7 Å². The van der Waals surface area contributed by atoms with Crippen LogP contribution in [-0.2, 0) is 0 Å². The van der Waals surface area contributed by atoms with Crippen LogP contribution in [0.25, 0.3) is 0 Å². The molecule has 2 aromatic rings. The molecule has 4 nitrogen and oxygen atoms in total. The van der Waals surface area contributed by atoms with Crippen molar-refractivity contribution in [1.82, 2.24) is 10.2 Å².